The fraction of sp³-hybridized carbons (Fsp3) is 0. The van der Waals surface area contributed by atoms with Crippen LogP contribution in [-0.4, -0.2) is 55.3 Å². The molecule has 0 saturated heterocycles. The molecule has 12 nitrogen and oxygen atoms in total. The number of rotatable bonds is 0. The summed E-state index contributed by atoms with van der Waals surface area (Å²) in [4.78, 5) is 0. The van der Waals surface area contributed by atoms with Gasteiger partial charge in [0.15, 0.2) is 0 Å². The van der Waals surface area contributed by atoms with Gasteiger partial charge in [0.2, 0.25) is 0 Å². The molecule has 96 valence electrons. The smallest absolute Gasteiger partial charge is 0.412 e. The summed E-state index contributed by atoms with van der Waals surface area (Å²) in [6.07, 6.45) is 0. The van der Waals surface area contributed by atoms with E-state index < -0.39 is 7.32 Å². The van der Waals surface area contributed by atoms with Gasteiger partial charge in [0.05, 0.1) is 0 Å². The van der Waals surface area contributed by atoms with Crippen LogP contribution >= 0.6 is 0 Å². The molecule has 0 bridgehead atoms. The lowest BCUT2D eigenvalue weighted by atomic mass is 10.3. The van der Waals surface area contributed by atoms with Crippen LogP contribution in [0.4, 0.5) is 0 Å². The van der Waals surface area contributed by atoms with Gasteiger partial charge in [-0.2, -0.15) is 0 Å². The molecule has 0 aliphatic carbocycles. The average Bonchev–Trinajstić information content (AvgIpc) is 0.811. The summed E-state index contributed by atoms with van der Waals surface area (Å²) in [5, 5.41) is 21.5. The Morgan fingerprint density at radius 3 is 0.462 bits per heavy atom. The molecule has 0 radical (unpaired) electrons. The maximum atomic E-state index is 7.17. The highest BCUT2D eigenvalue weighted by Crippen LogP contribution is 1.40. The van der Waals surface area contributed by atoms with E-state index in [1.54, 1.807) is 0 Å². The molecular formula is H24BN3O9. The summed E-state index contributed by atoms with van der Waals surface area (Å²) in [7, 11) is -2.17. The van der Waals surface area contributed by atoms with Gasteiger partial charge in [0, 0.05) is 0 Å². The molecule has 0 amide bonds. The zero-order valence-electron chi connectivity index (χ0n) is 7.04. The van der Waals surface area contributed by atoms with Crippen molar-refractivity contribution in [1.82, 2.24) is 18.5 Å². The third kappa shape index (κ3) is 6180. The maximum Gasteiger partial charge on any atom is 0.631 e. The van der Waals surface area contributed by atoms with Crippen molar-refractivity contribution in [1.29, 1.82) is 0 Å². The van der Waals surface area contributed by atoms with Crippen molar-refractivity contribution < 1.29 is 47.9 Å². The Kier molecular flexibility index (Phi) is 3780. The average molecular weight is 221 g/mol. The predicted molar refractivity (Wildman–Crippen MR) is 49.2 cm³/mol. The molecule has 0 saturated carbocycles. The highest BCUT2D eigenvalue weighted by atomic mass is 16.5. The van der Waals surface area contributed by atoms with Crippen LogP contribution in [0.1, 0.15) is 0 Å². The molecule has 0 aliphatic rings. The second-order valence-electron chi connectivity index (χ2n) is 0.346. The van der Waals surface area contributed by atoms with E-state index in [9.17, 15) is 0 Å². The molecule has 0 aromatic rings. The SMILES string of the molecule is N.N.N.O.O.O.O.O.O.OB(O)O. The Balaban J connectivity index is -0.00000000125. The molecule has 13 heteroatoms. The van der Waals surface area contributed by atoms with Crippen molar-refractivity contribution in [3.05, 3.63) is 0 Å². The van der Waals surface area contributed by atoms with Crippen LogP contribution in [-0.2, 0) is 0 Å². The molecule has 0 aliphatic heterocycles. The van der Waals surface area contributed by atoms with Gasteiger partial charge in [-0.05, 0) is 0 Å². The molecule has 0 unspecified atom stereocenters. The first kappa shape index (κ1) is 253. The third-order valence-electron chi connectivity index (χ3n) is 0. The minimum atomic E-state index is -2.17. The van der Waals surface area contributed by atoms with Gasteiger partial charge in [-0.3, -0.25) is 0 Å². The first-order valence-electron chi connectivity index (χ1n) is 0.775. The first-order valence-corrected chi connectivity index (χ1v) is 0.775. The molecular weight excluding hydrogens is 197 g/mol. The summed E-state index contributed by atoms with van der Waals surface area (Å²) in [6.45, 7) is 0. The first-order chi connectivity index (χ1) is 1.73. The van der Waals surface area contributed by atoms with Crippen LogP contribution in [0.2, 0.25) is 0 Å². The molecule has 0 fully saturated rings. The van der Waals surface area contributed by atoms with Gasteiger partial charge in [-0.15, -0.1) is 0 Å². The molecule has 0 aromatic heterocycles. The summed E-state index contributed by atoms with van der Waals surface area (Å²) >= 11 is 0. The lowest BCUT2D eigenvalue weighted by molar-refractivity contribution is 0.278. The lowest BCUT2D eigenvalue weighted by Gasteiger charge is -1.69. The van der Waals surface area contributed by atoms with E-state index in [4.69, 9.17) is 15.1 Å². The van der Waals surface area contributed by atoms with Gasteiger partial charge >= 0.3 is 7.32 Å². The molecule has 0 heterocycles. The van der Waals surface area contributed by atoms with Gasteiger partial charge in [0.1, 0.15) is 0 Å². The summed E-state index contributed by atoms with van der Waals surface area (Å²) in [5.41, 5.74) is 0. The van der Waals surface area contributed by atoms with Crippen LogP contribution in [0.3, 0.4) is 0 Å². The molecule has 0 rings (SSSR count). The highest BCUT2D eigenvalue weighted by molar-refractivity contribution is 6.30. The van der Waals surface area contributed by atoms with E-state index in [-0.39, 0.29) is 51.3 Å². The van der Waals surface area contributed by atoms with Gasteiger partial charge < -0.3 is 66.4 Å². The lowest BCUT2D eigenvalue weighted by Crippen LogP contribution is -2.07. The Labute approximate surface area is 75.0 Å². The van der Waals surface area contributed by atoms with E-state index in [2.05, 4.69) is 0 Å². The Morgan fingerprint density at radius 2 is 0.462 bits per heavy atom. The quantitative estimate of drug-likeness (QED) is 0.215. The van der Waals surface area contributed by atoms with Crippen LogP contribution in [0, 0.1) is 0 Å². The van der Waals surface area contributed by atoms with Crippen LogP contribution < -0.4 is 18.5 Å². The third-order valence-corrected chi connectivity index (χ3v) is 0. The molecule has 0 atom stereocenters. The zero-order chi connectivity index (χ0) is 3.58. The fourth-order valence-electron chi connectivity index (χ4n) is 0. The second-order valence-corrected chi connectivity index (χ2v) is 0.346. The van der Waals surface area contributed by atoms with Crippen molar-refractivity contribution >= 4 is 7.32 Å². The van der Waals surface area contributed by atoms with Crippen molar-refractivity contribution in [2.24, 2.45) is 0 Å². The molecule has 13 heavy (non-hydrogen) atoms. The van der Waals surface area contributed by atoms with E-state index in [0.717, 1.165) is 0 Å². The molecule has 24 N–H and O–H groups in total. The molecule has 0 spiro atoms. The van der Waals surface area contributed by atoms with Crippen LogP contribution in [0.5, 0.6) is 0 Å². The van der Waals surface area contributed by atoms with Crippen molar-refractivity contribution in [3.8, 4) is 0 Å². The van der Waals surface area contributed by atoms with E-state index in [1.165, 1.54) is 0 Å². The molecule has 0 aromatic carbocycles. The standard InChI is InChI=1S/BH3O3.3H3N.6H2O/c2-1(3)4;;;;;;;;;/h2-4H;3*1H3;6*1H2. The van der Waals surface area contributed by atoms with Gasteiger partial charge in [-0.1, -0.05) is 0 Å². The van der Waals surface area contributed by atoms with Crippen LogP contribution in [0.15, 0.2) is 0 Å². The van der Waals surface area contributed by atoms with Gasteiger partial charge in [0.25, 0.3) is 0 Å². The summed E-state index contributed by atoms with van der Waals surface area (Å²) < 4.78 is 0. The Hall–Kier alpha value is -0.415. The zero-order valence-corrected chi connectivity index (χ0v) is 7.04. The van der Waals surface area contributed by atoms with E-state index in [1.807, 2.05) is 0 Å². The number of hydrogen-bond donors (Lipinski definition) is 6. The van der Waals surface area contributed by atoms with Gasteiger partial charge in [-0.25, -0.2) is 0 Å². The second kappa shape index (κ2) is 194. The predicted octanol–water partition coefficient (Wildman–Crippen LogP) is -6.51. The van der Waals surface area contributed by atoms with Crippen molar-refractivity contribution in [3.63, 3.8) is 0 Å². The van der Waals surface area contributed by atoms with Crippen molar-refractivity contribution in [2.75, 3.05) is 0 Å². The maximum absolute atomic E-state index is 7.17. The van der Waals surface area contributed by atoms with Crippen molar-refractivity contribution in [2.45, 2.75) is 0 Å². The summed E-state index contributed by atoms with van der Waals surface area (Å²) in [5.74, 6) is 0. The van der Waals surface area contributed by atoms with Crippen LogP contribution in [0.25, 0.3) is 0 Å². The Bertz CT molecular complexity index is 19.6. The minimum Gasteiger partial charge on any atom is -0.412 e. The largest absolute Gasteiger partial charge is 0.631 e. The monoisotopic (exact) mass is 221 g/mol. The minimum absolute atomic E-state index is 0. The van der Waals surface area contributed by atoms with E-state index >= 15 is 0 Å². The fourth-order valence-corrected chi connectivity index (χ4v) is 0. The topological polar surface area (TPSA) is 355 Å². The Morgan fingerprint density at radius 1 is 0.462 bits per heavy atom. The normalized spacial score (nSPS) is 2.08. The van der Waals surface area contributed by atoms with E-state index in [0.29, 0.717) is 0 Å². The number of hydrogen-bond acceptors (Lipinski definition) is 6. The summed E-state index contributed by atoms with van der Waals surface area (Å²) in [6, 6.07) is 0. The highest BCUT2D eigenvalue weighted by Gasteiger charge is 1.92.